The minimum atomic E-state index is -0.881. The van der Waals surface area contributed by atoms with Crippen molar-refractivity contribution in [3.63, 3.8) is 0 Å². The van der Waals surface area contributed by atoms with E-state index in [-0.39, 0.29) is 30.0 Å². The van der Waals surface area contributed by atoms with Crippen molar-refractivity contribution in [1.82, 2.24) is 4.90 Å². The molecule has 1 heterocycles. The maximum atomic E-state index is 13.2. The van der Waals surface area contributed by atoms with Gasteiger partial charge in [-0.3, -0.25) is 0 Å². The Morgan fingerprint density at radius 1 is 1.35 bits per heavy atom. The second-order valence-corrected chi connectivity index (χ2v) is 7.33. The second-order valence-electron chi connectivity index (χ2n) is 7.33. The number of nitrogens with zero attached hydrogens (tertiary/aromatic N) is 1. The molecule has 1 aliphatic rings. The van der Waals surface area contributed by atoms with Crippen molar-refractivity contribution in [1.29, 1.82) is 0 Å². The fraction of sp³-hybridized carbons (Fsp3) is 0.611. The fourth-order valence-electron chi connectivity index (χ4n) is 2.95. The highest BCUT2D eigenvalue weighted by Crippen LogP contribution is 2.39. The zero-order valence-electron chi connectivity index (χ0n) is 14.3. The zero-order chi connectivity index (χ0) is 17.3. The first-order valence-electron chi connectivity index (χ1n) is 8.06. The Kier molecular flexibility index (Phi) is 4.99. The average molecular weight is 323 g/mol. The number of aliphatic hydroxyl groups is 1. The second kappa shape index (κ2) is 6.48. The van der Waals surface area contributed by atoms with E-state index in [1.807, 2.05) is 6.92 Å². The molecule has 0 spiro atoms. The van der Waals surface area contributed by atoms with E-state index in [0.29, 0.717) is 19.4 Å². The molecular weight excluding hydrogens is 297 g/mol. The highest BCUT2D eigenvalue weighted by molar-refractivity contribution is 5.70. The van der Waals surface area contributed by atoms with E-state index < -0.39 is 5.60 Å². The van der Waals surface area contributed by atoms with Crippen LogP contribution in [0.1, 0.15) is 46.1 Å². The van der Waals surface area contributed by atoms with E-state index in [0.717, 1.165) is 5.56 Å². The number of carbonyl (C=O) groups is 1. The molecule has 4 nitrogen and oxygen atoms in total. The smallest absolute Gasteiger partial charge is 0.410 e. The molecule has 5 heteroatoms. The summed E-state index contributed by atoms with van der Waals surface area (Å²) in [4.78, 5) is 14.3. The number of ether oxygens (including phenoxy) is 1. The van der Waals surface area contributed by atoms with Crippen LogP contribution >= 0.6 is 0 Å². The average Bonchev–Trinajstić information content (AvgIpc) is 2.46. The van der Waals surface area contributed by atoms with Gasteiger partial charge >= 0.3 is 6.09 Å². The first kappa shape index (κ1) is 17.7. The molecule has 128 valence electrons. The molecule has 0 aliphatic carbocycles. The molecule has 0 saturated carbocycles. The molecule has 0 radical (unpaired) electrons. The van der Waals surface area contributed by atoms with Gasteiger partial charge in [-0.25, -0.2) is 9.18 Å². The predicted octanol–water partition coefficient (Wildman–Crippen LogP) is 3.68. The van der Waals surface area contributed by atoms with Crippen LogP contribution in [0.4, 0.5) is 9.18 Å². The minimum absolute atomic E-state index is 0.0374. The van der Waals surface area contributed by atoms with Gasteiger partial charge in [-0.05, 0) is 30.0 Å². The third-order valence-electron chi connectivity index (χ3n) is 4.88. The number of benzene rings is 1. The summed E-state index contributed by atoms with van der Waals surface area (Å²) in [7, 11) is 0. The summed E-state index contributed by atoms with van der Waals surface area (Å²) in [6, 6.07) is 6.00. The van der Waals surface area contributed by atoms with Crippen molar-refractivity contribution in [2.75, 3.05) is 13.2 Å². The van der Waals surface area contributed by atoms with Crippen molar-refractivity contribution < 1.29 is 19.0 Å². The number of carbonyl (C=O) groups excluding carboxylic acids is 1. The summed E-state index contributed by atoms with van der Waals surface area (Å²) < 4.78 is 18.9. The molecule has 23 heavy (non-hydrogen) atoms. The molecule has 1 fully saturated rings. The molecule has 1 aromatic carbocycles. The van der Waals surface area contributed by atoms with Crippen LogP contribution in [0.25, 0.3) is 0 Å². The number of halogens is 1. The lowest BCUT2D eigenvalue weighted by Crippen LogP contribution is -2.54. The highest BCUT2D eigenvalue weighted by atomic mass is 19.1. The van der Waals surface area contributed by atoms with Gasteiger partial charge in [-0.15, -0.1) is 0 Å². The number of cyclic esters (lactones) is 1. The van der Waals surface area contributed by atoms with Crippen LogP contribution in [0.3, 0.4) is 0 Å². The quantitative estimate of drug-likeness (QED) is 0.919. The number of hydrogen-bond donors (Lipinski definition) is 1. The van der Waals surface area contributed by atoms with Gasteiger partial charge in [0.2, 0.25) is 0 Å². The summed E-state index contributed by atoms with van der Waals surface area (Å²) in [6.07, 6.45) is 0.504. The highest BCUT2D eigenvalue weighted by Gasteiger charge is 2.44. The maximum absolute atomic E-state index is 13.2. The normalized spacial score (nSPS) is 23.6. The molecule has 1 aromatic rings. The van der Waals surface area contributed by atoms with E-state index in [1.165, 1.54) is 12.1 Å². The topological polar surface area (TPSA) is 49.8 Å². The fourth-order valence-corrected chi connectivity index (χ4v) is 2.95. The maximum Gasteiger partial charge on any atom is 0.410 e. The lowest BCUT2D eigenvalue weighted by molar-refractivity contribution is -0.0794. The molecule has 1 amide bonds. The van der Waals surface area contributed by atoms with Crippen molar-refractivity contribution in [2.24, 2.45) is 5.41 Å². The molecule has 0 aromatic heterocycles. The molecule has 0 bridgehead atoms. The van der Waals surface area contributed by atoms with Crippen LogP contribution in [0.15, 0.2) is 24.3 Å². The molecule has 1 aliphatic heterocycles. The van der Waals surface area contributed by atoms with Crippen molar-refractivity contribution in [3.05, 3.63) is 35.6 Å². The predicted molar refractivity (Wildman–Crippen MR) is 86.5 cm³/mol. The molecule has 1 N–H and O–H groups in total. The van der Waals surface area contributed by atoms with Gasteiger partial charge < -0.3 is 14.7 Å². The van der Waals surface area contributed by atoms with Gasteiger partial charge in [-0.2, -0.15) is 0 Å². The Hall–Kier alpha value is -1.62. The van der Waals surface area contributed by atoms with Gasteiger partial charge in [0.05, 0.1) is 0 Å². The SMILES string of the molecule is C[C@H](N1CC[C@](CCO)(c2ccc(F)cc2)OC1=O)C(C)(C)C. The van der Waals surface area contributed by atoms with E-state index in [1.54, 1.807) is 17.0 Å². The lowest BCUT2D eigenvalue weighted by atomic mass is 9.83. The third-order valence-corrected chi connectivity index (χ3v) is 4.88. The van der Waals surface area contributed by atoms with Crippen molar-refractivity contribution in [3.8, 4) is 0 Å². The van der Waals surface area contributed by atoms with Gasteiger partial charge in [-0.1, -0.05) is 32.9 Å². The van der Waals surface area contributed by atoms with Crippen molar-refractivity contribution in [2.45, 2.75) is 52.2 Å². The number of rotatable bonds is 4. The number of amides is 1. The van der Waals surface area contributed by atoms with Gasteiger partial charge in [0.15, 0.2) is 0 Å². The summed E-state index contributed by atoms with van der Waals surface area (Å²) in [5.74, 6) is -0.335. The number of hydrogen-bond acceptors (Lipinski definition) is 3. The number of aliphatic hydroxyl groups excluding tert-OH is 1. The Labute approximate surface area is 137 Å². The Morgan fingerprint density at radius 3 is 2.43 bits per heavy atom. The summed E-state index contributed by atoms with van der Waals surface area (Å²) in [5.41, 5.74) is -0.205. The van der Waals surface area contributed by atoms with Gasteiger partial charge in [0, 0.05) is 32.0 Å². The Balaban J connectivity index is 2.25. The third kappa shape index (κ3) is 3.66. The summed E-state index contributed by atoms with van der Waals surface area (Å²) in [5, 5.41) is 9.41. The van der Waals surface area contributed by atoms with Crippen LogP contribution in [0.5, 0.6) is 0 Å². The van der Waals surface area contributed by atoms with E-state index in [9.17, 15) is 14.3 Å². The van der Waals surface area contributed by atoms with E-state index in [4.69, 9.17) is 4.74 Å². The first-order chi connectivity index (χ1) is 10.7. The van der Waals surface area contributed by atoms with E-state index >= 15 is 0 Å². The standard InChI is InChI=1S/C18H26FNO3/c1-13(17(2,3)4)20-11-9-18(10-12-21,23-16(20)22)14-5-7-15(19)8-6-14/h5-8,13,21H,9-12H2,1-4H3/t13-,18-/m0/s1. The molecular formula is C18H26FNO3. The molecule has 2 atom stereocenters. The van der Waals surface area contributed by atoms with Gasteiger partial charge in [0.1, 0.15) is 11.4 Å². The minimum Gasteiger partial charge on any atom is -0.438 e. The largest absolute Gasteiger partial charge is 0.438 e. The van der Waals surface area contributed by atoms with Crippen LogP contribution in [-0.4, -0.2) is 35.3 Å². The van der Waals surface area contributed by atoms with Crippen LogP contribution in [0, 0.1) is 11.2 Å². The lowest BCUT2D eigenvalue weighted by Gasteiger charge is -2.46. The van der Waals surface area contributed by atoms with E-state index in [2.05, 4.69) is 20.8 Å². The first-order valence-corrected chi connectivity index (χ1v) is 8.06. The van der Waals surface area contributed by atoms with Crippen LogP contribution in [0.2, 0.25) is 0 Å². The molecule has 1 saturated heterocycles. The van der Waals surface area contributed by atoms with Gasteiger partial charge in [0.25, 0.3) is 0 Å². The Morgan fingerprint density at radius 2 is 1.96 bits per heavy atom. The monoisotopic (exact) mass is 323 g/mol. The summed E-state index contributed by atoms with van der Waals surface area (Å²) >= 11 is 0. The van der Waals surface area contributed by atoms with Crippen LogP contribution < -0.4 is 0 Å². The van der Waals surface area contributed by atoms with Crippen LogP contribution in [-0.2, 0) is 10.3 Å². The molecule has 2 rings (SSSR count). The van der Waals surface area contributed by atoms with Crippen molar-refractivity contribution >= 4 is 6.09 Å². The zero-order valence-corrected chi connectivity index (χ0v) is 14.3. The summed E-state index contributed by atoms with van der Waals surface area (Å²) in [6.45, 7) is 8.72. The Bertz CT molecular complexity index is 552. The molecule has 0 unspecified atom stereocenters.